The van der Waals surface area contributed by atoms with Gasteiger partial charge in [0.15, 0.2) is 0 Å². The molecule has 2 N–H and O–H groups in total. The molecule has 3 nitrogen and oxygen atoms in total. The largest absolute Gasteiger partial charge is 0.394 e. The Morgan fingerprint density at radius 2 is 2.45 bits per heavy atom. The maximum atomic E-state index is 8.57. The Morgan fingerprint density at radius 1 is 1.64 bits per heavy atom. The van der Waals surface area contributed by atoms with E-state index in [-0.39, 0.29) is 12.2 Å². The molecule has 0 aromatic heterocycles. The van der Waals surface area contributed by atoms with Crippen LogP contribution in [0.3, 0.4) is 0 Å². The predicted molar refractivity (Wildman–Crippen MR) is 43.5 cm³/mol. The lowest BCUT2D eigenvalue weighted by Gasteiger charge is -2.33. The molecular formula is C8H17NO2. The van der Waals surface area contributed by atoms with Crippen molar-refractivity contribution in [2.24, 2.45) is 0 Å². The van der Waals surface area contributed by atoms with Crippen LogP contribution in [0.25, 0.3) is 0 Å². The Bertz CT molecular complexity index is 111. The van der Waals surface area contributed by atoms with E-state index in [9.17, 15) is 0 Å². The average molecular weight is 159 g/mol. The van der Waals surface area contributed by atoms with Crippen molar-refractivity contribution in [3.05, 3.63) is 0 Å². The molecule has 0 bridgehead atoms. The predicted octanol–water partition coefficient (Wildman–Crippen LogP) is 0.137. The maximum absolute atomic E-state index is 8.57. The molecule has 11 heavy (non-hydrogen) atoms. The highest BCUT2D eigenvalue weighted by atomic mass is 16.5. The molecule has 0 aliphatic carbocycles. The molecule has 66 valence electrons. The van der Waals surface area contributed by atoms with Gasteiger partial charge in [0, 0.05) is 6.54 Å². The minimum atomic E-state index is -0.0407. The van der Waals surface area contributed by atoms with Crippen molar-refractivity contribution in [1.29, 1.82) is 0 Å². The minimum Gasteiger partial charge on any atom is -0.394 e. The van der Waals surface area contributed by atoms with Crippen LogP contribution in [0.2, 0.25) is 0 Å². The number of rotatable bonds is 3. The highest BCUT2D eigenvalue weighted by molar-refractivity contribution is 4.82. The van der Waals surface area contributed by atoms with Gasteiger partial charge in [-0.05, 0) is 26.3 Å². The van der Waals surface area contributed by atoms with Crippen LogP contribution in [0.15, 0.2) is 0 Å². The number of hydrogen-bond acceptors (Lipinski definition) is 3. The highest BCUT2D eigenvalue weighted by Crippen LogP contribution is 2.19. The van der Waals surface area contributed by atoms with Gasteiger partial charge < -0.3 is 15.2 Å². The third kappa shape index (κ3) is 2.77. The van der Waals surface area contributed by atoms with Crippen LogP contribution >= 0.6 is 0 Å². The summed E-state index contributed by atoms with van der Waals surface area (Å²) in [4.78, 5) is 0. The Kier molecular flexibility index (Phi) is 3.30. The second-order valence-corrected chi connectivity index (χ2v) is 3.30. The lowest BCUT2D eigenvalue weighted by Crippen LogP contribution is -2.45. The molecular weight excluding hydrogens is 142 g/mol. The van der Waals surface area contributed by atoms with Crippen LogP contribution in [-0.2, 0) is 4.74 Å². The second kappa shape index (κ2) is 4.04. The van der Waals surface area contributed by atoms with E-state index in [1.165, 1.54) is 6.42 Å². The van der Waals surface area contributed by atoms with Gasteiger partial charge in [-0.15, -0.1) is 0 Å². The summed E-state index contributed by atoms with van der Waals surface area (Å²) in [5, 5.41) is 11.8. The third-order valence-electron chi connectivity index (χ3n) is 2.10. The Balaban J connectivity index is 2.25. The van der Waals surface area contributed by atoms with Gasteiger partial charge in [0.25, 0.3) is 0 Å². The van der Waals surface area contributed by atoms with Crippen molar-refractivity contribution in [2.75, 3.05) is 26.3 Å². The summed E-state index contributed by atoms with van der Waals surface area (Å²) in [5.74, 6) is 0. The van der Waals surface area contributed by atoms with Crippen LogP contribution in [-0.4, -0.2) is 37.0 Å². The molecule has 1 fully saturated rings. The monoisotopic (exact) mass is 159 g/mol. The Morgan fingerprint density at radius 3 is 3.00 bits per heavy atom. The molecule has 3 heteroatoms. The van der Waals surface area contributed by atoms with Crippen molar-refractivity contribution in [3.63, 3.8) is 0 Å². The van der Waals surface area contributed by atoms with Crippen molar-refractivity contribution in [2.45, 2.75) is 25.4 Å². The molecule has 1 saturated heterocycles. The molecule has 1 aliphatic rings. The maximum Gasteiger partial charge on any atom is 0.0779 e. The summed E-state index contributed by atoms with van der Waals surface area (Å²) in [6.45, 7) is 4.67. The van der Waals surface area contributed by atoms with E-state index >= 15 is 0 Å². The Hall–Kier alpha value is -0.120. The second-order valence-electron chi connectivity index (χ2n) is 3.30. The van der Waals surface area contributed by atoms with E-state index < -0.39 is 0 Å². The summed E-state index contributed by atoms with van der Waals surface area (Å²) in [5.41, 5.74) is -0.0407. The number of aliphatic hydroxyl groups is 1. The molecule has 1 rings (SSSR count). The molecule has 0 saturated carbocycles. The summed E-state index contributed by atoms with van der Waals surface area (Å²) in [6.07, 6.45) is 2.27. The third-order valence-corrected chi connectivity index (χ3v) is 2.10. The van der Waals surface area contributed by atoms with Gasteiger partial charge in [-0.25, -0.2) is 0 Å². The zero-order valence-corrected chi connectivity index (χ0v) is 7.10. The molecule has 0 radical (unpaired) electrons. The molecule has 1 unspecified atom stereocenters. The van der Waals surface area contributed by atoms with Crippen LogP contribution in [0.5, 0.6) is 0 Å². The highest BCUT2D eigenvalue weighted by Gasteiger charge is 2.26. The topological polar surface area (TPSA) is 41.5 Å². The van der Waals surface area contributed by atoms with Crippen LogP contribution in [0, 0.1) is 0 Å². The molecule has 0 spiro atoms. The van der Waals surface area contributed by atoms with E-state index in [1.807, 2.05) is 0 Å². The molecule has 1 atom stereocenters. The molecule has 0 aromatic rings. The Labute approximate surface area is 67.7 Å². The fourth-order valence-electron chi connectivity index (χ4n) is 1.44. The quantitative estimate of drug-likeness (QED) is 0.615. The van der Waals surface area contributed by atoms with Crippen molar-refractivity contribution in [3.8, 4) is 0 Å². The van der Waals surface area contributed by atoms with Gasteiger partial charge in [-0.2, -0.15) is 0 Å². The number of nitrogens with one attached hydrogen (secondary N) is 1. The lowest BCUT2D eigenvalue weighted by molar-refractivity contribution is -0.0584. The zero-order valence-electron chi connectivity index (χ0n) is 7.10. The minimum absolute atomic E-state index is 0.0407. The van der Waals surface area contributed by atoms with Gasteiger partial charge >= 0.3 is 0 Å². The number of ether oxygens (including phenoxy) is 1. The fraction of sp³-hybridized carbons (Fsp3) is 1.00. The average Bonchev–Trinajstić information content (AvgIpc) is 2.03. The summed E-state index contributed by atoms with van der Waals surface area (Å²) in [6, 6.07) is 0. The number of hydrogen-bond donors (Lipinski definition) is 2. The first-order valence-corrected chi connectivity index (χ1v) is 4.22. The summed E-state index contributed by atoms with van der Waals surface area (Å²) >= 11 is 0. The zero-order chi connectivity index (χ0) is 8.16. The first-order chi connectivity index (χ1) is 5.27. The van der Waals surface area contributed by atoms with Crippen LogP contribution < -0.4 is 5.32 Å². The van der Waals surface area contributed by atoms with Gasteiger partial charge in [0.1, 0.15) is 0 Å². The van der Waals surface area contributed by atoms with E-state index in [2.05, 4.69) is 12.2 Å². The van der Waals surface area contributed by atoms with E-state index in [4.69, 9.17) is 9.84 Å². The van der Waals surface area contributed by atoms with E-state index in [0.717, 1.165) is 19.5 Å². The molecule has 1 aliphatic heterocycles. The van der Waals surface area contributed by atoms with Crippen molar-refractivity contribution < 1.29 is 9.84 Å². The van der Waals surface area contributed by atoms with Crippen molar-refractivity contribution >= 4 is 0 Å². The molecule has 0 amide bonds. The van der Waals surface area contributed by atoms with Crippen LogP contribution in [0.4, 0.5) is 0 Å². The van der Waals surface area contributed by atoms with E-state index in [0.29, 0.717) is 6.61 Å². The van der Waals surface area contributed by atoms with Gasteiger partial charge in [-0.1, -0.05) is 0 Å². The lowest BCUT2D eigenvalue weighted by atomic mass is 9.96. The van der Waals surface area contributed by atoms with Gasteiger partial charge in [-0.3, -0.25) is 0 Å². The van der Waals surface area contributed by atoms with Gasteiger partial charge in [0.05, 0.1) is 18.8 Å². The molecule has 0 aromatic carbocycles. The first kappa shape index (κ1) is 8.97. The smallest absolute Gasteiger partial charge is 0.0779 e. The molecule has 1 heterocycles. The standard InChI is InChI=1S/C8H17NO2/c1-8(11-6-5-10)3-2-4-9-7-8/h9-10H,2-7H2,1H3. The fourth-order valence-corrected chi connectivity index (χ4v) is 1.44. The number of piperidine rings is 1. The van der Waals surface area contributed by atoms with E-state index in [1.54, 1.807) is 0 Å². The number of aliphatic hydroxyl groups excluding tert-OH is 1. The summed E-state index contributed by atoms with van der Waals surface area (Å²) in [7, 11) is 0. The SMILES string of the molecule is CC1(OCCO)CCCNC1. The van der Waals surface area contributed by atoms with Crippen molar-refractivity contribution in [1.82, 2.24) is 5.32 Å². The summed E-state index contributed by atoms with van der Waals surface area (Å²) < 4.78 is 5.51. The van der Waals surface area contributed by atoms with Crippen LogP contribution in [0.1, 0.15) is 19.8 Å². The van der Waals surface area contributed by atoms with Gasteiger partial charge in [0.2, 0.25) is 0 Å². The normalized spacial score (nSPS) is 32.2. The first-order valence-electron chi connectivity index (χ1n) is 4.22.